The summed E-state index contributed by atoms with van der Waals surface area (Å²) in [5, 5.41) is 17.3. The van der Waals surface area contributed by atoms with Gasteiger partial charge in [0.2, 0.25) is 6.39 Å². The number of hydrogen-bond donors (Lipinski definition) is 1. The molecule has 1 N–H and O–H groups in total. The minimum atomic E-state index is -0.475. The molecule has 2 aromatic heterocycles. The fraction of sp³-hybridized carbons (Fsp3) is 0.182. The largest absolute Gasteiger partial charge is 0.424 e. The van der Waals surface area contributed by atoms with Crippen LogP contribution in [0.15, 0.2) is 33.5 Å². The highest BCUT2D eigenvalue weighted by Gasteiger charge is 2.11. The minimum absolute atomic E-state index is 0.0239. The molecule has 0 aliphatic carbocycles. The molecule has 3 rings (SSSR count). The summed E-state index contributed by atoms with van der Waals surface area (Å²) >= 11 is 0. The highest BCUT2D eigenvalue weighted by Crippen LogP contribution is 2.23. The minimum Gasteiger partial charge on any atom is -0.424 e. The number of rotatable bonds is 5. The fourth-order valence-electron chi connectivity index (χ4n) is 1.69. The van der Waals surface area contributed by atoms with Crippen molar-refractivity contribution in [1.82, 2.24) is 15.1 Å². The SMILES string of the molecule is O=[N+]([O-])c1ccc2oc(NCCc3ncon3)nc2c1. The Morgan fingerprint density at radius 3 is 3.05 bits per heavy atom. The van der Waals surface area contributed by atoms with E-state index in [9.17, 15) is 10.1 Å². The maximum atomic E-state index is 10.7. The average Bonchev–Trinajstić information content (AvgIpc) is 3.06. The zero-order valence-corrected chi connectivity index (χ0v) is 10.1. The molecule has 0 saturated heterocycles. The molecule has 9 nitrogen and oxygen atoms in total. The molecule has 0 aliphatic rings. The van der Waals surface area contributed by atoms with Gasteiger partial charge in [0, 0.05) is 25.1 Å². The fourth-order valence-corrected chi connectivity index (χ4v) is 1.69. The molecule has 0 saturated carbocycles. The van der Waals surface area contributed by atoms with Crippen LogP contribution in [0.4, 0.5) is 11.7 Å². The normalized spacial score (nSPS) is 10.8. The molecular formula is C11H9N5O4. The first-order valence-corrected chi connectivity index (χ1v) is 5.76. The van der Waals surface area contributed by atoms with Gasteiger partial charge < -0.3 is 14.3 Å². The van der Waals surface area contributed by atoms with Crippen molar-refractivity contribution in [3.63, 3.8) is 0 Å². The summed E-state index contributed by atoms with van der Waals surface area (Å²) in [4.78, 5) is 18.2. The summed E-state index contributed by atoms with van der Waals surface area (Å²) < 4.78 is 10.0. The third kappa shape index (κ3) is 2.41. The van der Waals surface area contributed by atoms with E-state index in [4.69, 9.17) is 4.42 Å². The van der Waals surface area contributed by atoms with E-state index in [1.54, 1.807) is 0 Å². The topological polar surface area (TPSA) is 120 Å². The van der Waals surface area contributed by atoms with E-state index in [0.29, 0.717) is 35.9 Å². The Morgan fingerprint density at radius 1 is 1.40 bits per heavy atom. The van der Waals surface area contributed by atoms with Crippen molar-refractivity contribution in [3.8, 4) is 0 Å². The van der Waals surface area contributed by atoms with E-state index in [-0.39, 0.29) is 5.69 Å². The lowest BCUT2D eigenvalue weighted by molar-refractivity contribution is -0.384. The Balaban J connectivity index is 1.70. The predicted molar refractivity (Wildman–Crippen MR) is 67.2 cm³/mol. The van der Waals surface area contributed by atoms with Gasteiger partial charge >= 0.3 is 0 Å². The molecule has 102 valence electrons. The molecule has 20 heavy (non-hydrogen) atoms. The lowest BCUT2D eigenvalue weighted by Gasteiger charge is -1.96. The molecule has 0 fully saturated rings. The van der Waals surface area contributed by atoms with Crippen LogP contribution in [0.1, 0.15) is 5.82 Å². The van der Waals surface area contributed by atoms with Crippen LogP contribution in [-0.2, 0) is 6.42 Å². The van der Waals surface area contributed by atoms with E-state index < -0.39 is 4.92 Å². The second kappa shape index (κ2) is 4.96. The quantitative estimate of drug-likeness (QED) is 0.552. The van der Waals surface area contributed by atoms with Crippen LogP contribution in [0.25, 0.3) is 11.1 Å². The van der Waals surface area contributed by atoms with Crippen molar-refractivity contribution in [3.05, 3.63) is 40.5 Å². The van der Waals surface area contributed by atoms with Gasteiger partial charge in [0.25, 0.3) is 11.7 Å². The van der Waals surface area contributed by atoms with Gasteiger partial charge in [0.15, 0.2) is 11.4 Å². The number of oxazole rings is 1. The van der Waals surface area contributed by atoms with Crippen LogP contribution in [0, 0.1) is 10.1 Å². The number of fused-ring (bicyclic) bond motifs is 1. The molecule has 0 radical (unpaired) electrons. The monoisotopic (exact) mass is 275 g/mol. The summed E-state index contributed by atoms with van der Waals surface area (Å²) in [6.07, 6.45) is 1.81. The van der Waals surface area contributed by atoms with Gasteiger partial charge in [-0.25, -0.2) is 0 Å². The molecular weight excluding hydrogens is 266 g/mol. The molecule has 0 unspecified atom stereocenters. The number of non-ortho nitro benzene ring substituents is 1. The molecule has 1 aromatic carbocycles. The van der Waals surface area contributed by atoms with E-state index in [1.165, 1.54) is 24.6 Å². The first-order valence-electron chi connectivity index (χ1n) is 5.76. The van der Waals surface area contributed by atoms with Gasteiger partial charge in [-0.2, -0.15) is 9.97 Å². The van der Waals surface area contributed by atoms with Gasteiger partial charge in [-0.15, -0.1) is 0 Å². The summed E-state index contributed by atoms with van der Waals surface area (Å²) in [6, 6.07) is 4.55. The Kier molecular flexibility index (Phi) is 2.99. The standard InChI is InChI=1S/C11H9N5O4/c17-16(18)7-1-2-9-8(5-7)14-11(20-9)12-4-3-10-13-6-19-15-10/h1-2,5-6H,3-4H2,(H,12,14). The number of nitro benzene ring substituents is 1. The van der Waals surface area contributed by atoms with Crippen LogP contribution in [0.2, 0.25) is 0 Å². The maximum Gasteiger partial charge on any atom is 0.295 e. The zero-order chi connectivity index (χ0) is 13.9. The number of nitrogens with one attached hydrogen (secondary N) is 1. The van der Waals surface area contributed by atoms with E-state index in [1.807, 2.05) is 0 Å². The first kappa shape index (κ1) is 12.1. The van der Waals surface area contributed by atoms with Crippen molar-refractivity contribution in [2.45, 2.75) is 6.42 Å². The number of benzene rings is 1. The molecule has 0 atom stereocenters. The van der Waals surface area contributed by atoms with Crippen molar-refractivity contribution >= 4 is 22.8 Å². The number of anilines is 1. The first-order chi connectivity index (χ1) is 9.72. The molecule has 0 bridgehead atoms. The van der Waals surface area contributed by atoms with E-state index in [2.05, 4.69) is 25.0 Å². The van der Waals surface area contributed by atoms with Crippen LogP contribution < -0.4 is 5.32 Å². The highest BCUT2D eigenvalue weighted by atomic mass is 16.6. The highest BCUT2D eigenvalue weighted by molar-refractivity contribution is 5.77. The van der Waals surface area contributed by atoms with E-state index in [0.717, 1.165) is 0 Å². The molecule has 9 heteroatoms. The molecule has 0 spiro atoms. The van der Waals surface area contributed by atoms with Crippen LogP contribution >= 0.6 is 0 Å². The van der Waals surface area contributed by atoms with Crippen LogP contribution in [-0.4, -0.2) is 26.6 Å². The van der Waals surface area contributed by atoms with Gasteiger partial charge in [-0.05, 0) is 6.07 Å². The second-order valence-corrected chi connectivity index (χ2v) is 3.95. The smallest absolute Gasteiger partial charge is 0.295 e. The van der Waals surface area contributed by atoms with Crippen molar-refractivity contribution < 1.29 is 13.9 Å². The Bertz CT molecular complexity index is 736. The van der Waals surface area contributed by atoms with Crippen LogP contribution in [0.3, 0.4) is 0 Å². The van der Waals surface area contributed by atoms with Gasteiger partial charge in [0.1, 0.15) is 5.52 Å². The molecule has 0 amide bonds. The zero-order valence-electron chi connectivity index (χ0n) is 10.1. The summed E-state index contributed by atoms with van der Waals surface area (Å²) in [5.41, 5.74) is 0.892. The van der Waals surface area contributed by atoms with Gasteiger partial charge in [-0.3, -0.25) is 10.1 Å². The van der Waals surface area contributed by atoms with Crippen molar-refractivity contribution in [2.75, 3.05) is 11.9 Å². The van der Waals surface area contributed by atoms with Crippen LogP contribution in [0.5, 0.6) is 0 Å². The number of hydrogen-bond acceptors (Lipinski definition) is 8. The lowest BCUT2D eigenvalue weighted by Crippen LogP contribution is -2.05. The van der Waals surface area contributed by atoms with Gasteiger partial charge in [0.05, 0.1) is 4.92 Å². The summed E-state index contributed by atoms with van der Waals surface area (Å²) in [7, 11) is 0. The number of nitro groups is 1. The summed E-state index contributed by atoms with van der Waals surface area (Å²) in [6.45, 7) is 0.508. The third-order valence-electron chi connectivity index (χ3n) is 2.61. The van der Waals surface area contributed by atoms with Gasteiger partial charge in [-0.1, -0.05) is 5.16 Å². The molecule has 3 aromatic rings. The number of aromatic nitrogens is 3. The Morgan fingerprint density at radius 2 is 2.30 bits per heavy atom. The third-order valence-corrected chi connectivity index (χ3v) is 2.61. The van der Waals surface area contributed by atoms with Crippen molar-refractivity contribution in [1.29, 1.82) is 0 Å². The van der Waals surface area contributed by atoms with Crippen molar-refractivity contribution in [2.24, 2.45) is 0 Å². The molecule has 2 heterocycles. The Hall–Kier alpha value is -2.97. The Labute approximate surface area is 111 Å². The number of nitrogens with zero attached hydrogens (tertiary/aromatic N) is 4. The maximum absolute atomic E-state index is 10.7. The van der Waals surface area contributed by atoms with E-state index >= 15 is 0 Å². The average molecular weight is 275 g/mol. The second-order valence-electron chi connectivity index (χ2n) is 3.95. The lowest BCUT2D eigenvalue weighted by atomic mass is 10.3. The predicted octanol–water partition coefficient (Wildman–Crippen LogP) is 1.77. The molecule has 0 aliphatic heterocycles. The summed E-state index contributed by atoms with van der Waals surface area (Å²) in [5.74, 6) is 0.573.